The van der Waals surface area contributed by atoms with E-state index in [2.05, 4.69) is 5.32 Å². The molecule has 11 heteroatoms. The van der Waals surface area contributed by atoms with E-state index in [1.807, 2.05) is 0 Å². The average molecular weight is 509 g/mol. The number of benzene rings is 3. The van der Waals surface area contributed by atoms with Gasteiger partial charge in [-0.05, 0) is 60.2 Å². The van der Waals surface area contributed by atoms with Gasteiger partial charge in [-0.1, -0.05) is 24.3 Å². The highest BCUT2D eigenvalue weighted by molar-refractivity contribution is 7.87. The molecular formula is C25H20N2O8S. The average Bonchev–Trinajstić information content (AvgIpc) is 2.88. The van der Waals surface area contributed by atoms with Crippen molar-refractivity contribution in [2.45, 2.75) is 4.90 Å². The van der Waals surface area contributed by atoms with Crippen molar-refractivity contribution < 1.29 is 36.5 Å². The molecule has 0 saturated carbocycles. The molecule has 3 aromatic carbocycles. The topological polar surface area (TPSA) is 128 Å². The van der Waals surface area contributed by atoms with Gasteiger partial charge in [0.05, 0.1) is 19.9 Å². The Labute approximate surface area is 206 Å². The first-order valence-electron chi connectivity index (χ1n) is 10.5. The summed E-state index contributed by atoms with van der Waals surface area (Å²) in [7, 11) is -1.32. The van der Waals surface area contributed by atoms with Crippen LogP contribution in [0.1, 0.15) is 5.56 Å². The van der Waals surface area contributed by atoms with E-state index in [-0.39, 0.29) is 27.7 Å². The largest absolute Gasteiger partial charge is 0.497 e. The van der Waals surface area contributed by atoms with Gasteiger partial charge in [0.1, 0.15) is 16.2 Å². The highest BCUT2D eigenvalue weighted by Gasteiger charge is 2.36. The molecule has 0 aromatic heterocycles. The van der Waals surface area contributed by atoms with Crippen LogP contribution in [0.25, 0.3) is 6.08 Å². The number of amides is 4. The van der Waals surface area contributed by atoms with Crippen LogP contribution in [0.15, 0.2) is 83.3 Å². The number of methoxy groups -OCH3 is 2. The maximum atomic E-state index is 13.1. The van der Waals surface area contributed by atoms with Crippen molar-refractivity contribution in [3.63, 3.8) is 0 Å². The molecule has 1 aliphatic rings. The molecule has 0 spiro atoms. The molecule has 0 atom stereocenters. The van der Waals surface area contributed by atoms with Crippen LogP contribution in [0.3, 0.4) is 0 Å². The molecule has 0 aliphatic carbocycles. The number of anilines is 1. The third-order valence-corrected chi connectivity index (χ3v) is 6.41. The van der Waals surface area contributed by atoms with E-state index in [1.54, 1.807) is 30.3 Å². The number of imide groups is 2. The SMILES string of the molecule is COc1ccc(N2C(=O)NC(=O)/C(=C/c3ccc(OS(=O)(=O)c4ccccc4)c(OC)c3)C2=O)cc1. The third-order valence-electron chi connectivity index (χ3n) is 5.16. The van der Waals surface area contributed by atoms with Crippen LogP contribution in [0.4, 0.5) is 10.5 Å². The van der Waals surface area contributed by atoms with Crippen molar-refractivity contribution in [1.82, 2.24) is 5.32 Å². The van der Waals surface area contributed by atoms with Gasteiger partial charge in [0.2, 0.25) is 0 Å². The summed E-state index contributed by atoms with van der Waals surface area (Å²) in [5.74, 6) is -1.21. The highest BCUT2D eigenvalue weighted by Crippen LogP contribution is 2.32. The maximum absolute atomic E-state index is 13.1. The van der Waals surface area contributed by atoms with Crippen molar-refractivity contribution in [2.24, 2.45) is 0 Å². The zero-order valence-electron chi connectivity index (χ0n) is 19.1. The van der Waals surface area contributed by atoms with Crippen LogP contribution >= 0.6 is 0 Å². The summed E-state index contributed by atoms with van der Waals surface area (Å²) >= 11 is 0. The number of ether oxygens (including phenoxy) is 2. The van der Waals surface area contributed by atoms with E-state index in [4.69, 9.17) is 13.7 Å². The molecule has 184 valence electrons. The Morgan fingerprint density at radius 2 is 1.53 bits per heavy atom. The van der Waals surface area contributed by atoms with Gasteiger partial charge in [-0.3, -0.25) is 14.9 Å². The van der Waals surface area contributed by atoms with Gasteiger partial charge in [0, 0.05) is 0 Å². The van der Waals surface area contributed by atoms with E-state index in [0.717, 1.165) is 4.90 Å². The Kier molecular flexibility index (Phi) is 6.75. The first-order valence-corrected chi connectivity index (χ1v) is 11.9. The molecular weight excluding hydrogens is 488 g/mol. The maximum Gasteiger partial charge on any atom is 0.339 e. The molecule has 1 aliphatic heterocycles. The molecule has 1 saturated heterocycles. The number of nitrogens with one attached hydrogen (secondary N) is 1. The molecule has 0 radical (unpaired) electrons. The van der Waals surface area contributed by atoms with Crippen LogP contribution in [0.5, 0.6) is 17.2 Å². The monoisotopic (exact) mass is 508 g/mol. The van der Waals surface area contributed by atoms with Crippen molar-refractivity contribution in [2.75, 3.05) is 19.1 Å². The quantitative estimate of drug-likeness (QED) is 0.293. The van der Waals surface area contributed by atoms with Crippen molar-refractivity contribution >= 4 is 39.7 Å². The summed E-state index contributed by atoms with van der Waals surface area (Å²) in [6, 6.07) is 17.0. The summed E-state index contributed by atoms with van der Waals surface area (Å²) in [5, 5.41) is 2.14. The standard InChI is InChI=1S/C25H20N2O8S/c1-33-18-11-9-17(10-12-18)27-24(29)20(23(28)26-25(27)30)14-16-8-13-21(22(15-16)34-2)35-36(31,32)19-6-4-3-5-7-19/h3-15H,1-2H3,(H,26,28,30)/b20-14-. The normalized spacial score (nSPS) is 15.0. The fourth-order valence-electron chi connectivity index (χ4n) is 3.39. The lowest BCUT2D eigenvalue weighted by Gasteiger charge is -2.26. The Hall–Kier alpha value is -4.64. The first-order chi connectivity index (χ1) is 17.2. The van der Waals surface area contributed by atoms with Gasteiger partial charge < -0.3 is 13.7 Å². The second kappa shape index (κ2) is 9.92. The number of rotatable bonds is 7. The number of urea groups is 1. The first kappa shape index (κ1) is 24.5. The van der Waals surface area contributed by atoms with E-state index >= 15 is 0 Å². The Bertz CT molecular complexity index is 1470. The smallest absolute Gasteiger partial charge is 0.339 e. The minimum absolute atomic E-state index is 0.0361. The minimum atomic E-state index is -4.12. The van der Waals surface area contributed by atoms with Crippen LogP contribution in [-0.2, 0) is 19.7 Å². The number of nitrogens with zero attached hydrogens (tertiary/aromatic N) is 1. The second-order valence-electron chi connectivity index (χ2n) is 7.42. The lowest BCUT2D eigenvalue weighted by Crippen LogP contribution is -2.54. The highest BCUT2D eigenvalue weighted by atomic mass is 32.2. The van der Waals surface area contributed by atoms with Gasteiger partial charge in [-0.25, -0.2) is 9.69 Å². The molecule has 0 bridgehead atoms. The number of hydrogen-bond donors (Lipinski definition) is 1. The van der Waals surface area contributed by atoms with Crippen molar-refractivity contribution in [3.05, 3.63) is 83.9 Å². The third kappa shape index (κ3) is 4.91. The summed E-state index contributed by atoms with van der Waals surface area (Å²) in [4.78, 5) is 38.7. The molecule has 36 heavy (non-hydrogen) atoms. The fraction of sp³-hybridized carbons (Fsp3) is 0.0800. The second-order valence-corrected chi connectivity index (χ2v) is 8.96. The number of hydrogen-bond acceptors (Lipinski definition) is 8. The summed E-state index contributed by atoms with van der Waals surface area (Å²) < 4.78 is 40.7. The predicted octanol–water partition coefficient (Wildman–Crippen LogP) is 3.14. The molecule has 1 N–H and O–H groups in total. The molecule has 10 nitrogen and oxygen atoms in total. The molecule has 3 aromatic rings. The summed E-state index contributed by atoms with van der Waals surface area (Å²) in [6.07, 6.45) is 1.26. The van der Waals surface area contributed by atoms with Crippen LogP contribution in [0, 0.1) is 0 Å². The minimum Gasteiger partial charge on any atom is -0.497 e. The van der Waals surface area contributed by atoms with Gasteiger partial charge in [-0.15, -0.1) is 0 Å². The molecule has 1 fully saturated rings. The predicted molar refractivity (Wildman–Crippen MR) is 129 cm³/mol. The summed E-state index contributed by atoms with van der Waals surface area (Å²) in [6.45, 7) is 0. The fourth-order valence-corrected chi connectivity index (χ4v) is 4.35. The molecule has 1 heterocycles. The van der Waals surface area contributed by atoms with Gasteiger partial charge in [0.25, 0.3) is 11.8 Å². The lowest BCUT2D eigenvalue weighted by atomic mass is 10.1. The number of barbiturate groups is 1. The Morgan fingerprint density at radius 3 is 2.17 bits per heavy atom. The van der Waals surface area contributed by atoms with E-state index in [0.29, 0.717) is 11.3 Å². The van der Waals surface area contributed by atoms with Crippen molar-refractivity contribution in [3.8, 4) is 17.2 Å². The molecule has 4 rings (SSSR count). The number of carbonyl (C=O) groups is 3. The number of carbonyl (C=O) groups excluding carboxylic acids is 3. The van der Waals surface area contributed by atoms with Crippen molar-refractivity contribution in [1.29, 1.82) is 0 Å². The van der Waals surface area contributed by atoms with E-state index in [1.165, 1.54) is 62.8 Å². The Morgan fingerprint density at radius 1 is 0.833 bits per heavy atom. The molecule has 4 amide bonds. The lowest BCUT2D eigenvalue weighted by molar-refractivity contribution is -0.122. The van der Waals surface area contributed by atoms with E-state index in [9.17, 15) is 22.8 Å². The Balaban J connectivity index is 1.64. The van der Waals surface area contributed by atoms with Gasteiger partial charge in [-0.2, -0.15) is 8.42 Å². The molecule has 0 unspecified atom stereocenters. The summed E-state index contributed by atoms with van der Waals surface area (Å²) in [5.41, 5.74) is 0.265. The van der Waals surface area contributed by atoms with Gasteiger partial charge >= 0.3 is 16.1 Å². The van der Waals surface area contributed by atoms with Crippen LogP contribution in [0.2, 0.25) is 0 Å². The van der Waals surface area contributed by atoms with E-state index < -0.39 is 28.0 Å². The van der Waals surface area contributed by atoms with Gasteiger partial charge in [0.15, 0.2) is 11.5 Å². The van der Waals surface area contributed by atoms with Crippen LogP contribution < -0.4 is 23.9 Å². The van der Waals surface area contributed by atoms with Crippen LogP contribution in [-0.4, -0.2) is 40.5 Å². The zero-order valence-corrected chi connectivity index (χ0v) is 19.9. The zero-order chi connectivity index (χ0) is 25.9.